The summed E-state index contributed by atoms with van der Waals surface area (Å²) in [6, 6.07) is 0. The van der Waals surface area contributed by atoms with Crippen LogP contribution in [0.5, 0.6) is 0 Å². The predicted octanol–water partition coefficient (Wildman–Crippen LogP) is 3.59. The van der Waals surface area contributed by atoms with Gasteiger partial charge in [0.25, 0.3) is 0 Å². The van der Waals surface area contributed by atoms with E-state index in [0.717, 1.165) is 25.2 Å². The highest BCUT2D eigenvalue weighted by Crippen LogP contribution is 2.68. The molecule has 0 aromatic rings. The van der Waals surface area contributed by atoms with Gasteiger partial charge in [0.2, 0.25) is 0 Å². The van der Waals surface area contributed by atoms with Crippen molar-refractivity contribution < 1.29 is 4.79 Å². The van der Waals surface area contributed by atoms with E-state index in [0.29, 0.717) is 17.6 Å². The number of allylic oxidation sites excluding steroid dienone is 1. The molecule has 5 atom stereocenters. The van der Waals surface area contributed by atoms with Crippen LogP contribution in [-0.4, -0.2) is 5.78 Å². The van der Waals surface area contributed by atoms with Gasteiger partial charge in [0.05, 0.1) is 0 Å². The molecule has 4 saturated carbocycles. The van der Waals surface area contributed by atoms with Crippen molar-refractivity contribution in [2.24, 2.45) is 28.6 Å². The summed E-state index contributed by atoms with van der Waals surface area (Å²) >= 11 is 0. The molecule has 16 heavy (non-hydrogen) atoms. The fourth-order valence-electron chi connectivity index (χ4n) is 5.12. The van der Waals surface area contributed by atoms with Gasteiger partial charge in [0, 0.05) is 10.8 Å². The van der Waals surface area contributed by atoms with Crippen molar-refractivity contribution in [2.75, 3.05) is 0 Å². The fraction of sp³-hybridized carbons (Fsp3) is 0.800. The largest absolute Gasteiger partial charge is 0.298 e. The van der Waals surface area contributed by atoms with E-state index >= 15 is 0 Å². The highest BCUT2D eigenvalue weighted by molar-refractivity contribution is 5.92. The Bertz CT molecular complexity index is 383. The van der Waals surface area contributed by atoms with Crippen LogP contribution in [0.1, 0.15) is 46.5 Å². The van der Waals surface area contributed by atoms with E-state index in [-0.39, 0.29) is 10.8 Å². The van der Waals surface area contributed by atoms with Crippen LogP contribution in [0, 0.1) is 28.6 Å². The van der Waals surface area contributed by atoms with E-state index in [1.165, 1.54) is 12.0 Å². The van der Waals surface area contributed by atoms with Crippen molar-refractivity contribution in [1.29, 1.82) is 0 Å². The van der Waals surface area contributed by atoms with Crippen molar-refractivity contribution in [3.63, 3.8) is 0 Å². The first-order valence-corrected chi connectivity index (χ1v) is 6.59. The van der Waals surface area contributed by atoms with Crippen molar-refractivity contribution in [1.82, 2.24) is 0 Å². The zero-order valence-electron chi connectivity index (χ0n) is 10.7. The van der Waals surface area contributed by atoms with E-state index in [1.807, 2.05) is 0 Å². The molecular formula is C15H22O. The number of carbonyl (C=O) groups is 1. The lowest BCUT2D eigenvalue weighted by Gasteiger charge is -2.52. The Balaban J connectivity index is 2.08. The molecule has 0 aliphatic heterocycles. The minimum absolute atomic E-state index is 0.00162. The minimum atomic E-state index is -0.0144. The molecule has 4 fully saturated rings. The molecule has 0 amide bonds. The molecule has 0 saturated heterocycles. The van der Waals surface area contributed by atoms with E-state index in [1.54, 1.807) is 0 Å². The van der Waals surface area contributed by atoms with Crippen LogP contribution in [0.25, 0.3) is 0 Å². The monoisotopic (exact) mass is 218 g/mol. The third-order valence-corrected chi connectivity index (χ3v) is 5.89. The second-order valence-corrected chi connectivity index (χ2v) is 6.98. The van der Waals surface area contributed by atoms with Gasteiger partial charge in [-0.15, -0.1) is 0 Å². The molecular weight excluding hydrogens is 196 g/mol. The summed E-state index contributed by atoms with van der Waals surface area (Å²) in [7, 11) is 0. The van der Waals surface area contributed by atoms with Crippen molar-refractivity contribution in [3.8, 4) is 0 Å². The lowest BCUT2D eigenvalue weighted by molar-refractivity contribution is -0.153. The highest BCUT2D eigenvalue weighted by atomic mass is 16.1. The smallest absolute Gasteiger partial charge is 0.144 e. The summed E-state index contributed by atoms with van der Waals surface area (Å²) in [5.41, 5.74) is 1.29. The van der Waals surface area contributed by atoms with Crippen molar-refractivity contribution >= 4 is 5.78 Å². The number of ketones is 1. The van der Waals surface area contributed by atoms with Gasteiger partial charge >= 0.3 is 0 Å². The summed E-state index contributed by atoms with van der Waals surface area (Å²) in [4.78, 5) is 12.6. The van der Waals surface area contributed by atoms with Gasteiger partial charge in [-0.2, -0.15) is 0 Å². The molecule has 1 nitrogen and oxygen atoms in total. The number of rotatable bonds is 1. The average molecular weight is 218 g/mol. The molecule has 0 N–H and O–H groups in total. The first-order valence-electron chi connectivity index (χ1n) is 6.59. The molecule has 4 aliphatic rings. The van der Waals surface area contributed by atoms with Crippen molar-refractivity contribution in [3.05, 3.63) is 12.2 Å². The second-order valence-electron chi connectivity index (χ2n) is 6.98. The van der Waals surface area contributed by atoms with E-state index in [2.05, 4.69) is 27.4 Å². The Hall–Kier alpha value is -0.590. The van der Waals surface area contributed by atoms with E-state index < -0.39 is 0 Å². The zero-order chi connectivity index (χ0) is 11.7. The topological polar surface area (TPSA) is 17.1 Å². The maximum Gasteiger partial charge on any atom is 0.144 e. The van der Waals surface area contributed by atoms with Gasteiger partial charge < -0.3 is 0 Å². The van der Waals surface area contributed by atoms with Gasteiger partial charge in [-0.25, -0.2) is 0 Å². The molecule has 4 aliphatic carbocycles. The summed E-state index contributed by atoms with van der Waals surface area (Å²) in [5.74, 6) is 2.58. The maximum absolute atomic E-state index is 12.6. The molecule has 4 bridgehead atoms. The van der Waals surface area contributed by atoms with Crippen LogP contribution in [0.2, 0.25) is 0 Å². The zero-order valence-corrected chi connectivity index (χ0v) is 10.7. The SMILES string of the molecule is C=C(C)C1C[C@@]2(C)C(=O)[C@]3(C)CC[C@H]2[C@H]1C3. The molecule has 1 unspecified atom stereocenters. The first kappa shape index (κ1) is 10.6. The van der Waals surface area contributed by atoms with Crippen LogP contribution >= 0.6 is 0 Å². The fourth-order valence-corrected chi connectivity index (χ4v) is 5.12. The molecule has 0 radical (unpaired) electrons. The Labute approximate surface area is 98.3 Å². The Kier molecular flexibility index (Phi) is 1.85. The average Bonchev–Trinajstić information content (AvgIpc) is 2.47. The molecule has 4 rings (SSSR count). The number of hydrogen-bond donors (Lipinski definition) is 0. The summed E-state index contributed by atoms with van der Waals surface area (Å²) in [6.45, 7) is 10.7. The molecule has 88 valence electrons. The Morgan fingerprint density at radius 2 is 2.06 bits per heavy atom. The number of Topliss-reactive ketones (excluding diaryl/α,β-unsaturated/α-hetero) is 1. The lowest BCUT2D eigenvalue weighted by atomic mass is 9.50. The molecule has 0 spiro atoms. The summed E-state index contributed by atoms with van der Waals surface area (Å²) in [5, 5.41) is 0. The molecule has 0 aromatic carbocycles. The van der Waals surface area contributed by atoms with Crippen LogP contribution in [0.3, 0.4) is 0 Å². The second kappa shape index (κ2) is 2.80. The highest BCUT2D eigenvalue weighted by Gasteiger charge is 2.66. The third-order valence-electron chi connectivity index (χ3n) is 5.89. The van der Waals surface area contributed by atoms with E-state index in [4.69, 9.17) is 0 Å². The van der Waals surface area contributed by atoms with Crippen LogP contribution in [0.4, 0.5) is 0 Å². The summed E-state index contributed by atoms with van der Waals surface area (Å²) < 4.78 is 0. The van der Waals surface area contributed by atoms with Gasteiger partial charge in [0.15, 0.2) is 0 Å². The maximum atomic E-state index is 12.6. The van der Waals surface area contributed by atoms with Gasteiger partial charge in [-0.05, 0) is 50.4 Å². The molecule has 1 heteroatoms. The van der Waals surface area contributed by atoms with E-state index in [9.17, 15) is 4.79 Å². The molecule has 0 heterocycles. The summed E-state index contributed by atoms with van der Waals surface area (Å²) in [6.07, 6.45) is 4.61. The van der Waals surface area contributed by atoms with Gasteiger partial charge in [-0.3, -0.25) is 4.79 Å². The van der Waals surface area contributed by atoms with Crippen molar-refractivity contribution in [2.45, 2.75) is 46.5 Å². The van der Waals surface area contributed by atoms with Gasteiger partial charge in [-0.1, -0.05) is 26.0 Å². The first-order chi connectivity index (χ1) is 7.38. The minimum Gasteiger partial charge on any atom is -0.298 e. The van der Waals surface area contributed by atoms with Gasteiger partial charge in [0.1, 0.15) is 5.78 Å². The van der Waals surface area contributed by atoms with Crippen LogP contribution < -0.4 is 0 Å². The third kappa shape index (κ3) is 1.00. The normalized spacial score (nSPS) is 54.4. The molecule has 0 aromatic heterocycles. The number of hydrogen-bond acceptors (Lipinski definition) is 1. The Morgan fingerprint density at radius 3 is 2.69 bits per heavy atom. The number of carbonyl (C=O) groups excluding carboxylic acids is 1. The van der Waals surface area contributed by atoms with Crippen LogP contribution in [-0.2, 0) is 4.79 Å². The number of fused-ring (bicyclic) bond motifs is 1. The predicted molar refractivity (Wildman–Crippen MR) is 65.0 cm³/mol. The van der Waals surface area contributed by atoms with Crippen LogP contribution in [0.15, 0.2) is 12.2 Å². The lowest BCUT2D eigenvalue weighted by Crippen LogP contribution is -2.53. The quantitative estimate of drug-likeness (QED) is 0.615. The Morgan fingerprint density at radius 1 is 1.38 bits per heavy atom. The standard InChI is InChI=1S/C15H22O/c1-9(2)10-8-15(4)12-5-6-14(3,13(15)16)7-11(10)12/h10-12H,1,5-8H2,2-4H3/t10?,11-,12-,14+,15+/m0/s1.